The Labute approximate surface area is 118 Å². The molecule has 0 saturated carbocycles. The molecule has 0 aromatic heterocycles. The van der Waals surface area contributed by atoms with Gasteiger partial charge < -0.3 is 10.2 Å². The number of rotatable bonds is 3. The standard InChI is InChI=1S/C15H17N3O2/c1-2-17-14(19)13-6-7-18(10-13)15(20)12-5-3-4-11(8-12)9-16/h3-5,8,13H,2,6-7,10H2,1H3,(H,17,19)/t13-/m0/s1. The van der Waals surface area contributed by atoms with E-state index in [-0.39, 0.29) is 17.7 Å². The lowest BCUT2D eigenvalue weighted by atomic mass is 10.1. The zero-order chi connectivity index (χ0) is 14.5. The molecule has 1 heterocycles. The van der Waals surface area contributed by atoms with Gasteiger partial charge in [0.1, 0.15) is 0 Å². The van der Waals surface area contributed by atoms with E-state index in [1.54, 1.807) is 29.2 Å². The van der Waals surface area contributed by atoms with E-state index >= 15 is 0 Å². The fourth-order valence-corrected chi connectivity index (χ4v) is 2.38. The Balaban J connectivity index is 2.04. The van der Waals surface area contributed by atoms with Crippen molar-refractivity contribution in [2.24, 2.45) is 5.92 Å². The summed E-state index contributed by atoms with van der Waals surface area (Å²) in [5.74, 6) is -0.236. The van der Waals surface area contributed by atoms with Crippen molar-refractivity contribution in [1.29, 1.82) is 5.26 Å². The maximum Gasteiger partial charge on any atom is 0.253 e. The Kier molecular flexibility index (Phi) is 4.36. The molecule has 5 heteroatoms. The summed E-state index contributed by atoms with van der Waals surface area (Å²) in [4.78, 5) is 25.8. The molecule has 1 saturated heterocycles. The van der Waals surface area contributed by atoms with E-state index in [4.69, 9.17) is 5.26 Å². The molecule has 0 bridgehead atoms. The zero-order valence-electron chi connectivity index (χ0n) is 11.4. The van der Waals surface area contributed by atoms with E-state index in [2.05, 4.69) is 5.32 Å². The van der Waals surface area contributed by atoms with Crippen LogP contribution in [0.1, 0.15) is 29.3 Å². The van der Waals surface area contributed by atoms with Gasteiger partial charge in [0, 0.05) is 25.2 Å². The first-order valence-corrected chi connectivity index (χ1v) is 6.73. The molecule has 1 aromatic rings. The molecule has 0 spiro atoms. The topological polar surface area (TPSA) is 73.2 Å². The number of hydrogen-bond acceptors (Lipinski definition) is 3. The second-order valence-corrected chi connectivity index (χ2v) is 4.82. The SMILES string of the molecule is CCNC(=O)[C@H]1CCN(C(=O)c2cccc(C#N)c2)C1. The smallest absolute Gasteiger partial charge is 0.253 e. The number of carbonyl (C=O) groups excluding carboxylic acids is 2. The van der Waals surface area contributed by atoms with Crippen LogP contribution in [0.25, 0.3) is 0 Å². The Morgan fingerprint density at radius 2 is 2.30 bits per heavy atom. The van der Waals surface area contributed by atoms with E-state index in [9.17, 15) is 9.59 Å². The largest absolute Gasteiger partial charge is 0.356 e. The third kappa shape index (κ3) is 2.97. The molecule has 0 radical (unpaired) electrons. The average molecular weight is 271 g/mol. The van der Waals surface area contributed by atoms with Crippen molar-refractivity contribution in [2.75, 3.05) is 19.6 Å². The fourth-order valence-electron chi connectivity index (χ4n) is 2.38. The van der Waals surface area contributed by atoms with Crippen LogP contribution in [0.4, 0.5) is 0 Å². The lowest BCUT2D eigenvalue weighted by Gasteiger charge is -2.16. The number of nitrogens with one attached hydrogen (secondary N) is 1. The number of amides is 2. The first kappa shape index (κ1) is 14.1. The molecule has 1 N–H and O–H groups in total. The highest BCUT2D eigenvalue weighted by Crippen LogP contribution is 2.19. The van der Waals surface area contributed by atoms with Gasteiger partial charge in [-0.05, 0) is 31.5 Å². The first-order chi connectivity index (χ1) is 9.65. The van der Waals surface area contributed by atoms with Crippen molar-refractivity contribution >= 4 is 11.8 Å². The van der Waals surface area contributed by atoms with E-state index in [0.29, 0.717) is 37.2 Å². The minimum Gasteiger partial charge on any atom is -0.356 e. The number of carbonyl (C=O) groups is 2. The summed E-state index contributed by atoms with van der Waals surface area (Å²) in [6.45, 7) is 3.51. The van der Waals surface area contributed by atoms with E-state index in [1.165, 1.54) is 0 Å². The summed E-state index contributed by atoms with van der Waals surface area (Å²) < 4.78 is 0. The van der Waals surface area contributed by atoms with Gasteiger partial charge in [-0.3, -0.25) is 9.59 Å². The van der Waals surface area contributed by atoms with Gasteiger partial charge >= 0.3 is 0 Å². The molecule has 0 unspecified atom stereocenters. The quantitative estimate of drug-likeness (QED) is 0.896. The van der Waals surface area contributed by atoms with Crippen molar-refractivity contribution in [3.63, 3.8) is 0 Å². The molecule has 0 aliphatic carbocycles. The molecule has 2 amide bonds. The summed E-state index contributed by atoms with van der Waals surface area (Å²) in [6, 6.07) is 8.67. The fraction of sp³-hybridized carbons (Fsp3) is 0.400. The van der Waals surface area contributed by atoms with Crippen molar-refractivity contribution in [1.82, 2.24) is 10.2 Å². The Hall–Kier alpha value is -2.35. The van der Waals surface area contributed by atoms with Gasteiger partial charge in [0.05, 0.1) is 17.6 Å². The second kappa shape index (κ2) is 6.20. The van der Waals surface area contributed by atoms with Crippen LogP contribution in [0.2, 0.25) is 0 Å². The summed E-state index contributed by atoms with van der Waals surface area (Å²) in [5, 5.41) is 11.6. The number of benzene rings is 1. The van der Waals surface area contributed by atoms with Crippen LogP contribution in [-0.4, -0.2) is 36.3 Å². The predicted octanol–water partition coefficient (Wildman–Crippen LogP) is 1.16. The molecule has 1 fully saturated rings. The molecule has 1 aliphatic heterocycles. The highest BCUT2D eigenvalue weighted by Gasteiger charge is 2.31. The third-order valence-corrected chi connectivity index (χ3v) is 3.44. The zero-order valence-corrected chi connectivity index (χ0v) is 11.4. The van der Waals surface area contributed by atoms with Crippen LogP contribution in [0.3, 0.4) is 0 Å². The van der Waals surface area contributed by atoms with Gasteiger partial charge in [-0.15, -0.1) is 0 Å². The Morgan fingerprint density at radius 1 is 1.50 bits per heavy atom. The summed E-state index contributed by atoms with van der Waals surface area (Å²) in [6.07, 6.45) is 0.690. The van der Waals surface area contributed by atoms with Gasteiger partial charge in [-0.2, -0.15) is 5.26 Å². The molecule has 104 valence electrons. The summed E-state index contributed by atoms with van der Waals surface area (Å²) in [7, 11) is 0. The molecular formula is C15H17N3O2. The minimum atomic E-state index is -0.127. The summed E-state index contributed by atoms with van der Waals surface area (Å²) in [5.41, 5.74) is 0.968. The van der Waals surface area contributed by atoms with Crippen molar-refractivity contribution < 1.29 is 9.59 Å². The lowest BCUT2D eigenvalue weighted by molar-refractivity contribution is -0.124. The van der Waals surface area contributed by atoms with E-state index < -0.39 is 0 Å². The minimum absolute atomic E-state index is 0.00794. The molecule has 5 nitrogen and oxygen atoms in total. The molecule has 2 rings (SSSR count). The summed E-state index contributed by atoms with van der Waals surface area (Å²) >= 11 is 0. The van der Waals surface area contributed by atoms with Crippen molar-refractivity contribution in [3.05, 3.63) is 35.4 Å². The average Bonchev–Trinajstić information content (AvgIpc) is 2.96. The van der Waals surface area contributed by atoms with Crippen LogP contribution in [0.5, 0.6) is 0 Å². The monoisotopic (exact) mass is 271 g/mol. The van der Waals surface area contributed by atoms with Crippen LogP contribution in [-0.2, 0) is 4.79 Å². The number of nitriles is 1. The van der Waals surface area contributed by atoms with Gasteiger partial charge in [0.25, 0.3) is 5.91 Å². The Bertz CT molecular complexity index is 562. The highest BCUT2D eigenvalue weighted by molar-refractivity contribution is 5.95. The normalized spacial score (nSPS) is 17.6. The van der Waals surface area contributed by atoms with E-state index in [1.807, 2.05) is 13.0 Å². The maximum absolute atomic E-state index is 12.3. The number of nitrogens with zero attached hydrogens (tertiary/aromatic N) is 2. The Morgan fingerprint density at radius 3 is 3.00 bits per heavy atom. The van der Waals surface area contributed by atoms with Gasteiger partial charge in [-0.1, -0.05) is 6.07 Å². The molecule has 1 atom stereocenters. The maximum atomic E-state index is 12.3. The highest BCUT2D eigenvalue weighted by atomic mass is 16.2. The molecular weight excluding hydrogens is 254 g/mol. The van der Waals surface area contributed by atoms with Crippen molar-refractivity contribution in [2.45, 2.75) is 13.3 Å². The lowest BCUT2D eigenvalue weighted by Crippen LogP contribution is -2.34. The van der Waals surface area contributed by atoms with Crippen LogP contribution in [0, 0.1) is 17.2 Å². The third-order valence-electron chi connectivity index (χ3n) is 3.44. The van der Waals surface area contributed by atoms with E-state index in [0.717, 1.165) is 0 Å². The number of likely N-dealkylation sites (tertiary alicyclic amines) is 1. The van der Waals surface area contributed by atoms with Gasteiger partial charge in [0.2, 0.25) is 5.91 Å². The predicted molar refractivity (Wildman–Crippen MR) is 73.9 cm³/mol. The molecule has 1 aromatic carbocycles. The van der Waals surface area contributed by atoms with Gasteiger partial charge in [0.15, 0.2) is 0 Å². The van der Waals surface area contributed by atoms with Crippen LogP contribution >= 0.6 is 0 Å². The van der Waals surface area contributed by atoms with Crippen LogP contribution in [0.15, 0.2) is 24.3 Å². The van der Waals surface area contributed by atoms with Crippen LogP contribution < -0.4 is 5.32 Å². The number of hydrogen-bond donors (Lipinski definition) is 1. The first-order valence-electron chi connectivity index (χ1n) is 6.73. The molecule has 1 aliphatic rings. The second-order valence-electron chi connectivity index (χ2n) is 4.82. The van der Waals surface area contributed by atoms with Crippen molar-refractivity contribution in [3.8, 4) is 6.07 Å². The van der Waals surface area contributed by atoms with Gasteiger partial charge in [-0.25, -0.2) is 0 Å². The molecule has 20 heavy (non-hydrogen) atoms.